The zero-order valence-electron chi connectivity index (χ0n) is 15.7. The summed E-state index contributed by atoms with van der Waals surface area (Å²) in [5, 5.41) is 9.04. The van der Waals surface area contributed by atoms with Crippen LogP contribution in [-0.4, -0.2) is 38.1 Å². The molecule has 0 fully saturated rings. The summed E-state index contributed by atoms with van der Waals surface area (Å²) in [5.74, 6) is 0.375. The van der Waals surface area contributed by atoms with Gasteiger partial charge in [0.1, 0.15) is 16.9 Å². The number of nitrogens with zero attached hydrogens (tertiary/aromatic N) is 6. The van der Waals surface area contributed by atoms with Gasteiger partial charge in [-0.05, 0) is 36.2 Å². The first-order chi connectivity index (χ1) is 13.4. The topological polar surface area (TPSA) is 106 Å². The minimum atomic E-state index is -3.59. The zero-order valence-corrected chi connectivity index (χ0v) is 16.5. The number of hydrogen-bond donors (Lipinski definition) is 0. The van der Waals surface area contributed by atoms with E-state index in [1.54, 1.807) is 47.5 Å². The average Bonchev–Trinajstić information content (AvgIpc) is 3.19. The number of rotatable bonds is 4. The number of sulfone groups is 1. The lowest BCUT2D eigenvalue weighted by molar-refractivity contribution is 0.592. The van der Waals surface area contributed by atoms with E-state index in [1.807, 2.05) is 13.0 Å². The first-order valence-corrected chi connectivity index (χ1v) is 10.4. The van der Waals surface area contributed by atoms with Crippen LogP contribution in [0.5, 0.6) is 0 Å². The van der Waals surface area contributed by atoms with Gasteiger partial charge in [-0.25, -0.2) is 23.4 Å². The van der Waals surface area contributed by atoms with Crippen molar-refractivity contribution in [1.29, 1.82) is 5.26 Å². The Hall–Kier alpha value is -3.25. The predicted octanol–water partition coefficient (Wildman–Crippen LogP) is 2.45. The largest absolute Gasteiger partial charge is 0.310 e. The number of aromatic nitrogens is 5. The van der Waals surface area contributed by atoms with Crippen molar-refractivity contribution in [2.75, 3.05) is 5.75 Å². The Balaban J connectivity index is 2.07. The number of fused-ring (bicyclic) bond motifs is 2. The van der Waals surface area contributed by atoms with E-state index in [0.717, 1.165) is 11.1 Å². The van der Waals surface area contributed by atoms with Crippen LogP contribution in [0.1, 0.15) is 18.1 Å². The van der Waals surface area contributed by atoms with Gasteiger partial charge in [0.15, 0.2) is 26.3 Å². The summed E-state index contributed by atoms with van der Waals surface area (Å²) in [6.07, 6.45) is 3.62. The summed E-state index contributed by atoms with van der Waals surface area (Å²) < 4.78 is 29.1. The highest BCUT2D eigenvalue weighted by Gasteiger charge is 2.28. The minimum absolute atomic E-state index is 0.0605. The van der Waals surface area contributed by atoms with Gasteiger partial charge in [-0.15, -0.1) is 0 Å². The molecule has 142 valence electrons. The Kier molecular flexibility index (Phi) is 4.16. The van der Waals surface area contributed by atoms with E-state index in [2.05, 4.69) is 21.0 Å². The fourth-order valence-electron chi connectivity index (χ4n) is 3.23. The lowest BCUT2D eigenvalue weighted by Gasteiger charge is -2.05. The van der Waals surface area contributed by atoms with Gasteiger partial charge in [0, 0.05) is 19.4 Å². The molecule has 0 aromatic carbocycles. The van der Waals surface area contributed by atoms with Crippen molar-refractivity contribution in [3.05, 3.63) is 41.7 Å². The first kappa shape index (κ1) is 18.1. The highest BCUT2D eigenvalue weighted by Crippen LogP contribution is 2.30. The highest BCUT2D eigenvalue weighted by molar-refractivity contribution is 7.91. The monoisotopic (exact) mass is 394 g/mol. The van der Waals surface area contributed by atoms with Crippen LogP contribution in [0.4, 0.5) is 0 Å². The van der Waals surface area contributed by atoms with Crippen LogP contribution in [0.2, 0.25) is 0 Å². The van der Waals surface area contributed by atoms with Crippen molar-refractivity contribution in [2.45, 2.75) is 25.3 Å². The van der Waals surface area contributed by atoms with Gasteiger partial charge in [0.05, 0.1) is 18.2 Å². The Morgan fingerprint density at radius 2 is 2.04 bits per heavy atom. The molecule has 0 unspecified atom stereocenters. The molecule has 8 nitrogen and oxygen atoms in total. The molecule has 0 bridgehead atoms. The van der Waals surface area contributed by atoms with Crippen LogP contribution in [0, 0.1) is 18.3 Å². The number of nitriles is 1. The summed E-state index contributed by atoms with van der Waals surface area (Å²) in [4.78, 5) is 13.6. The van der Waals surface area contributed by atoms with Crippen LogP contribution in [0.25, 0.3) is 28.3 Å². The number of aryl methyl sites for hydroxylation is 2. The minimum Gasteiger partial charge on any atom is -0.310 e. The normalized spacial score (nSPS) is 11.9. The van der Waals surface area contributed by atoms with Crippen LogP contribution in [0.3, 0.4) is 0 Å². The third-order valence-corrected chi connectivity index (χ3v) is 6.40. The molecule has 4 rings (SSSR count). The molecule has 0 amide bonds. The standard InChI is InChI=1S/C19H18N6O2S/c1-4-28(26,27)19-16(23-15-10-13(5-7-20)6-8-25(15)19)18-22-14-9-12(2)11-21-17(14)24(18)3/h6,8-11H,4-5H2,1-3H3. The van der Waals surface area contributed by atoms with E-state index in [0.29, 0.717) is 22.6 Å². The Labute approximate surface area is 162 Å². The molecular weight excluding hydrogens is 376 g/mol. The lowest BCUT2D eigenvalue weighted by Crippen LogP contribution is -2.09. The van der Waals surface area contributed by atoms with E-state index in [9.17, 15) is 8.42 Å². The number of pyridine rings is 2. The third kappa shape index (κ3) is 2.73. The van der Waals surface area contributed by atoms with Crippen molar-refractivity contribution in [2.24, 2.45) is 7.05 Å². The van der Waals surface area contributed by atoms with E-state index >= 15 is 0 Å². The van der Waals surface area contributed by atoms with Crippen molar-refractivity contribution >= 4 is 26.6 Å². The molecule has 0 N–H and O–H groups in total. The fraction of sp³-hybridized carbons (Fsp3) is 0.263. The molecule has 28 heavy (non-hydrogen) atoms. The molecule has 4 heterocycles. The number of imidazole rings is 2. The van der Waals surface area contributed by atoms with Gasteiger partial charge in [0.2, 0.25) is 0 Å². The van der Waals surface area contributed by atoms with E-state index in [-0.39, 0.29) is 22.9 Å². The predicted molar refractivity (Wildman–Crippen MR) is 104 cm³/mol. The molecule has 4 aromatic heterocycles. The first-order valence-electron chi connectivity index (χ1n) is 8.76. The summed E-state index contributed by atoms with van der Waals surface area (Å²) in [6.45, 7) is 3.53. The summed E-state index contributed by atoms with van der Waals surface area (Å²) in [7, 11) is -1.79. The Morgan fingerprint density at radius 3 is 2.75 bits per heavy atom. The molecule has 0 saturated heterocycles. The molecule has 4 aromatic rings. The Morgan fingerprint density at radius 1 is 1.25 bits per heavy atom. The van der Waals surface area contributed by atoms with Gasteiger partial charge in [-0.2, -0.15) is 5.26 Å². The van der Waals surface area contributed by atoms with Crippen molar-refractivity contribution in [1.82, 2.24) is 23.9 Å². The summed E-state index contributed by atoms with van der Waals surface area (Å²) >= 11 is 0. The van der Waals surface area contributed by atoms with Crippen LogP contribution in [0.15, 0.2) is 35.6 Å². The quantitative estimate of drug-likeness (QED) is 0.526. The fourth-order valence-corrected chi connectivity index (χ4v) is 4.39. The second-order valence-electron chi connectivity index (χ2n) is 6.62. The molecular formula is C19H18N6O2S. The Bertz CT molecular complexity index is 1380. The van der Waals surface area contributed by atoms with Crippen molar-refractivity contribution in [3.63, 3.8) is 0 Å². The van der Waals surface area contributed by atoms with Crippen molar-refractivity contribution in [3.8, 4) is 17.6 Å². The van der Waals surface area contributed by atoms with Gasteiger partial charge in [-0.1, -0.05) is 6.92 Å². The van der Waals surface area contributed by atoms with Gasteiger partial charge < -0.3 is 4.57 Å². The molecule has 0 saturated carbocycles. The third-order valence-electron chi connectivity index (χ3n) is 4.66. The maximum atomic E-state index is 12.9. The van der Waals surface area contributed by atoms with Crippen LogP contribution >= 0.6 is 0 Å². The second-order valence-corrected chi connectivity index (χ2v) is 8.81. The lowest BCUT2D eigenvalue weighted by atomic mass is 10.2. The maximum Gasteiger partial charge on any atom is 0.196 e. The van der Waals surface area contributed by atoms with Gasteiger partial charge >= 0.3 is 0 Å². The molecule has 0 spiro atoms. The summed E-state index contributed by atoms with van der Waals surface area (Å²) in [6, 6.07) is 7.46. The molecule has 0 aliphatic rings. The van der Waals surface area contributed by atoms with Crippen molar-refractivity contribution < 1.29 is 8.42 Å². The summed E-state index contributed by atoms with van der Waals surface area (Å²) in [5.41, 5.74) is 3.83. The van der Waals surface area contributed by atoms with E-state index in [1.165, 1.54) is 0 Å². The molecule has 0 radical (unpaired) electrons. The van der Waals surface area contributed by atoms with Crippen LogP contribution < -0.4 is 0 Å². The molecule has 9 heteroatoms. The highest BCUT2D eigenvalue weighted by atomic mass is 32.2. The van der Waals surface area contributed by atoms with Gasteiger partial charge in [-0.3, -0.25) is 4.40 Å². The van der Waals surface area contributed by atoms with E-state index < -0.39 is 9.84 Å². The maximum absolute atomic E-state index is 12.9. The smallest absolute Gasteiger partial charge is 0.196 e. The zero-order chi connectivity index (χ0) is 20.1. The van der Waals surface area contributed by atoms with Gasteiger partial charge in [0.25, 0.3) is 0 Å². The SMILES string of the molecule is CCS(=O)(=O)c1c(-c2nc3cc(C)cnc3n2C)nc2cc(CC#N)ccn12. The molecule has 0 aliphatic carbocycles. The number of hydrogen-bond acceptors (Lipinski definition) is 6. The second kappa shape index (κ2) is 6.42. The average molecular weight is 394 g/mol. The van der Waals surface area contributed by atoms with Crippen LogP contribution in [-0.2, 0) is 23.3 Å². The van der Waals surface area contributed by atoms with E-state index in [4.69, 9.17) is 5.26 Å². The molecule has 0 aliphatic heterocycles. The molecule has 0 atom stereocenters.